The standard InChI is InChI=1S/C23H25N3O5/c1-15(22(27)25(2)3)31-23(28)18-14-26(17-9-7-6-8-10-17)24-21(18)16-11-12-19(29-4)20(13-16)30-5/h6-15H,1-5H3/t15-/m0/s1. The van der Waals surface area contributed by atoms with Crippen LogP contribution in [0.4, 0.5) is 0 Å². The highest BCUT2D eigenvalue weighted by Gasteiger charge is 2.25. The number of aromatic nitrogens is 2. The molecule has 0 aliphatic heterocycles. The lowest BCUT2D eigenvalue weighted by Crippen LogP contribution is -2.34. The first-order valence-corrected chi connectivity index (χ1v) is 9.65. The van der Waals surface area contributed by atoms with Crippen molar-refractivity contribution in [2.24, 2.45) is 0 Å². The summed E-state index contributed by atoms with van der Waals surface area (Å²) in [6.45, 7) is 1.54. The van der Waals surface area contributed by atoms with E-state index in [9.17, 15) is 9.59 Å². The van der Waals surface area contributed by atoms with Crippen LogP contribution in [-0.2, 0) is 9.53 Å². The van der Waals surface area contributed by atoms with E-state index >= 15 is 0 Å². The minimum absolute atomic E-state index is 0.231. The van der Waals surface area contributed by atoms with Crippen LogP contribution in [0.1, 0.15) is 17.3 Å². The number of esters is 1. The highest BCUT2D eigenvalue weighted by molar-refractivity contribution is 5.97. The topological polar surface area (TPSA) is 82.9 Å². The van der Waals surface area contributed by atoms with Crippen LogP contribution in [0.15, 0.2) is 54.7 Å². The third-order valence-electron chi connectivity index (χ3n) is 4.68. The first-order chi connectivity index (χ1) is 14.8. The number of methoxy groups -OCH3 is 2. The molecule has 0 saturated carbocycles. The molecule has 0 spiro atoms. The number of rotatable bonds is 7. The second-order valence-corrected chi connectivity index (χ2v) is 7.02. The third kappa shape index (κ3) is 4.69. The second kappa shape index (κ2) is 9.34. The highest BCUT2D eigenvalue weighted by Crippen LogP contribution is 2.33. The molecule has 0 saturated heterocycles. The van der Waals surface area contributed by atoms with Crippen molar-refractivity contribution in [2.75, 3.05) is 28.3 Å². The van der Waals surface area contributed by atoms with Crippen molar-refractivity contribution in [3.05, 3.63) is 60.3 Å². The lowest BCUT2D eigenvalue weighted by Gasteiger charge is -2.17. The maximum atomic E-state index is 13.0. The lowest BCUT2D eigenvalue weighted by atomic mass is 10.1. The smallest absolute Gasteiger partial charge is 0.342 e. The van der Waals surface area contributed by atoms with Gasteiger partial charge in [-0.1, -0.05) is 18.2 Å². The number of carbonyl (C=O) groups is 2. The maximum Gasteiger partial charge on any atom is 0.342 e. The molecule has 3 aromatic rings. The minimum Gasteiger partial charge on any atom is -0.493 e. The second-order valence-electron chi connectivity index (χ2n) is 7.02. The molecule has 8 nitrogen and oxygen atoms in total. The summed E-state index contributed by atoms with van der Waals surface area (Å²) >= 11 is 0. The zero-order chi connectivity index (χ0) is 22.5. The molecule has 1 heterocycles. The van der Waals surface area contributed by atoms with E-state index in [-0.39, 0.29) is 11.5 Å². The van der Waals surface area contributed by atoms with Crippen molar-refractivity contribution in [1.29, 1.82) is 0 Å². The van der Waals surface area contributed by atoms with E-state index in [1.165, 1.54) is 18.9 Å². The zero-order valence-corrected chi connectivity index (χ0v) is 18.2. The van der Waals surface area contributed by atoms with Gasteiger partial charge in [0.05, 0.1) is 19.9 Å². The Bertz CT molecular complexity index is 1080. The number of ether oxygens (including phenoxy) is 3. The number of hydrogen-bond acceptors (Lipinski definition) is 6. The van der Waals surface area contributed by atoms with Crippen LogP contribution in [0.2, 0.25) is 0 Å². The van der Waals surface area contributed by atoms with E-state index in [2.05, 4.69) is 5.10 Å². The summed E-state index contributed by atoms with van der Waals surface area (Å²) < 4.78 is 17.7. The molecule has 162 valence electrons. The van der Waals surface area contributed by atoms with E-state index in [1.54, 1.807) is 50.3 Å². The molecule has 0 radical (unpaired) electrons. The fraction of sp³-hybridized carbons (Fsp3) is 0.261. The predicted octanol–water partition coefficient (Wildman–Crippen LogP) is 3.19. The molecule has 1 aromatic heterocycles. The Morgan fingerprint density at radius 1 is 1.00 bits per heavy atom. The number of carbonyl (C=O) groups excluding carboxylic acids is 2. The lowest BCUT2D eigenvalue weighted by molar-refractivity contribution is -0.137. The zero-order valence-electron chi connectivity index (χ0n) is 18.2. The first kappa shape index (κ1) is 21.9. The SMILES string of the molecule is COc1ccc(-c2nn(-c3ccccc3)cc2C(=O)O[C@@H](C)C(=O)N(C)C)cc1OC. The van der Waals surface area contributed by atoms with Gasteiger partial charge in [0.25, 0.3) is 5.91 Å². The fourth-order valence-corrected chi connectivity index (χ4v) is 3.07. The molecule has 0 fully saturated rings. The van der Waals surface area contributed by atoms with Crippen molar-refractivity contribution in [3.8, 4) is 28.4 Å². The van der Waals surface area contributed by atoms with Gasteiger partial charge in [-0.25, -0.2) is 9.48 Å². The van der Waals surface area contributed by atoms with Crippen molar-refractivity contribution >= 4 is 11.9 Å². The molecule has 31 heavy (non-hydrogen) atoms. The molecule has 8 heteroatoms. The number of likely N-dealkylation sites (N-methyl/N-ethyl adjacent to an activating group) is 1. The number of nitrogens with zero attached hydrogens (tertiary/aromatic N) is 3. The summed E-state index contributed by atoms with van der Waals surface area (Å²) in [5.41, 5.74) is 2.06. The summed E-state index contributed by atoms with van der Waals surface area (Å²) in [5.74, 6) is 0.110. The molecule has 0 N–H and O–H groups in total. The first-order valence-electron chi connectivity index (χ1n) is 9.65. The van der Waals surface area contributed by atoms with Gasteiger partial charge in [0, 0.05) is 25.9 Å². The minimum atomic E-state index is -0.930. The Hall–Kier alpha value is -3.81. The Labute approximate surface area is 180 Å². The summed E-state index contributed by atoms with van der Waals surface area (Å²) in [4.78, 5) is 26.5. The van der Waals surface area contributed by atoms with E-state index in [0.717, 1.165) is 5.69 Å². The Morgan fingerprint density at radius 3 is 2.29 bits per heavy atom. The highest BCUT2D eigenvalue weighted by atomic mass is 16.5. The van der Waals surface area contributed by atoms with E-state index in [0.29, 0.717) is 22.8 Å². The van der Waals surface area contributed by atoms with Gasteiger partial charge in [-0.2, -0.15) is 5.10 Å². The van der Waals surface area contributed by atoms with Crippen LogP contribution in [0.25, 0.3) is 16.9 Å². The monoisotopic (exact) mass is 423 g/mol. The molecule has 0 aliphatic carbocycles. The number of benzene rings is 2. The Kier molecular flexibility index (Phi) is 6.59. The van der Waals surface area contributed by atoms with Gasteiger partial charge >= 0.3 is 5.97 Å². The summed E-state index contributed by atoms with van der Waals surface area (Å²) in [7, 11) is 6.30. The van der Waals surface area contributed by atoms with Crippen LogP contribution < -0.4 is 9.47 Å². The van der Waals surface area contributed by atoms with Crippen molar-refractivity contribution in [1.82, 2.24) is 14.7 Å². The Balaban J connectivity index is 2.06. The van der Waals surface area contributed by atoms with Crippen molar-refractivity contribution in [2.45, 2.75) is 13.0 Å². The summed E-state index contributed by atoms with van der Waals surface area (Å²) in [6.07, 6.45) is 0.664. The molecule has 3 rings (SSSR count). The van der Waals surface area contributed by atoms with Crippen LogP contribution in [-0.4, -0.2) is 61.0 Å². The molecular weight excluding hydrogens is 398 g/mol. The number of hydrogen-bond donors (Lipinski definition) is 0. The van der Waals surface area contributed by atoms with Crippen LogP contribution in [0.3, 0.4) is 0 Å². The van der Waals surface area contributed by atoms with Crippen molar-refractivity contribution < 1.29 is 23.8 Å². The maximum absolute atomic E-state index is 13.0. The van der Waals surface area contributed by atoms with Gasteiger partial charge in [0.15, 0.2) is 17.6 Å². The predicted molar refractivity (Wildman–Crippen MR) is 116 cm³/mol. The largest absolute Gasteiger partial charge is 0.493 e. The molecule has 0 bridgehead atoms. The van der Waals surface area contributed by atoms with Crippen molar-refractivity contribution in [3.63, 3.8) is 0 Å². The molecule has 0 unspecified atom stereocenters. The van der Waals surface area contributed by atoms with E-state index in [4.69, 9.17) is 14.2 Å². The van der Waals surface area contributed by atoms with Gasteiger partial charge in [-0.15, -0.1) is 0 Å². The average Bonchev–Trinajstić information content (AvgIpc) is 3.24. The normalized spacial score (nSPS) is 11.5. The van der Waals surface area contributed by atoms with E-state index in [1.807, 2.05) is 30.3 Å². The molecule has 2 aromatic carbocycles. The fourth-order valence-electron chi connectivity index (χ4n) is 3.07. The molecule has 1 atom stereocenters. The quantitative estimate of drug-likeness (QED) is 0.543. The number of para-hydroxylation sites is 1. The number of amides is 1. The van der Waals surface area contributed by atoms with Crippen LogP contribution in [0.5, 0.6) is 11.5 Å². The van der Waals surface area contributed by atoms with Gasteiger partial charge in [-0.3, -0.25) is 4.79 Å². The van der Waals surface area contributed by atoms with Crippen LogP contribution >= 0.6 is 0 Å². The van der Waals surface area contributed by atoms with Gasteiger partial charge in [-0.05, 0) is 37.3 Å². The van der Waals surface area contributed by atoms with Gasteiger partial charge < -0.3 is 19.1 Å². The molecular formula is C23H25N3O5. The third-order valence-corrected chi connectivity index (χ3v) is 4.68. The molecule has 0 aliphatic rings. The Morgan fingerprint density at radius 2 is 1.68 bits per heavy atom. The van der Waals surface area contributed by atoms with Gasteiger partial charge in [0.2, 0.25) is 0 Å². The summed E-state index contributed by atoms with van der Waals surface area (Å²) in [6, 6.07) is 14.7. The average molecular weight is 423 g/mol. The van der Waals surface area contributed by atoms with Crippen LogP contribution in [0, 0.1) is 0 Å². The summed E-state index contributed by atoms with van der Waals surface area (Å²) in [5, 5.41) is 4.61. The van der Waals surface area contributed by atoms with Gasteiger partial charge in [0.1, 0.15) is 11.3 Å². The van der Waals surface area contributed by atoms with E-state index < -0.39 is 12.1 Å². The molecule has 1 amide bonds.